The van der Waals surface area contributed by atoms with Crippen LogP contribution in [0, 0.1) is 0 Å². The van der Waals surface area contributed by atoms with E-state index in [1.54, 1.807) is 0 Å². The molecule has 2 N–H and O–H groups in total. The van der Waals surface area contributed by atoms with Gasteiger partial charge in [-0.3, -0.25) is 4.79 Å². The van der Waals surface area contributed by atoms with Gasteiger partial charge in [-0.2, -0.15) is 0 Å². The van der Waals surface area contributed by atoms with Crippen molar-refractivity contribution in [2.45, 2.75) is 19.9 Å². The van der Waals surface area contributed by atoms with Gasteiger partial charge in [-0.15, -0.1) is 0 Å². The van der Waals surface area contributed by atoms with Gasteiger partial charge in [0.2, 0.25) is 5.91 Å². The maximum absolute atomic E-state index is 11.2. The molecule has 1 amide bonds. The number of morpholine rings is 1. The Morgan fingerprint density at radius 3 is 2.72 bits per heavy atom. The van der Waals surface area contributed by atoms with Crippen molar-refractivity contribution in [3.8, 4) is 0 Å². The summed E-state index contributed by atoms with van der Waals surface area (Å²) in [6.07, 6.45) is 1.90. The lowest BCUT2D eigenvalue weighted by molar-refractivity contribution is -0.114. The average molecular weight is 340 g/mol. The summed E-state index contributed by atoms with van der Waals surface area (Å²) in [5, 5.41) is 6.21. The van der Waals surface area contributed by atoms with Gasteiger partial charge in [0.15, 0.2) is 0 Å². The molecule has 2 heterocycles. The number of anilines is 3. The maximum Gasteiger partial charge on any atom is 0.221 e. The van der Waals surface area contributed by atoms with E-state index in [1.807, 2.05) is 36.5 Å². The Labute approximate surface area is 148 Å². The van der Waals surface area contributed by atoms with E-state index < -0.39 is 0 Å². The first-order valence-corrected chi connectivity index (χ1v) is 8.54. The number of pyridine rings is 1. The topological polar surface area (TPSA) is 66.5 Å². The van der Waals surface area contributed by atoms with E-state index in [0.717, 1.165) is 49.1 Å². The fraction of sp³-hybridized carbons (Fsp3) is 0.368. The predicted molar refractivity (Wildman–Crippen MR) is 100 cm³/mol. The second-order valence-corrected chi connectivity index (χ2v) is 6.17. The molecule has 1 aliphatic heterocycles. The molecule has 132 valence electrons. The highest BCUT2D eigenvalue weighted by Gasteiger charge is 2.12. The van der Waals surface area contributed by atoms with Crippen LogP contribution in [0.5, 0.6) is 0 Å². The molecule has 25 heavy (non-hydrogen) atoms. The van der Waals surface area contributed by atoms with Crippen LogP contribution in [0.3, 0.4) is 0 Å². The van der Waals surface area contributed by atoms with Gasteiger partial charge >= 0.3 is 0 Å². The average Bonchev–Trinajstić information content (AvgIpc) is 2.63. The van der Waals surface area contributed by atoms with Crippen LogP contribution in [-0.2, 0) is 9.53 Å². The third-order valence-corrected chi connectivity index (χ3v) is 4.20. The molecule has 6 nitrogen and oxygen atoms in total. The number of carbonyl (C=O) groups is 1. The maximum atomic E-state index is 11.2. The van der Waals surface area contributed by atoms with E-state index in [4.69, 9.17) is 4.74 Å². The number of aromatic nitrogens is 1. The molecular formula is C19H24N4O2. The number of ether oxygens (including phenoxy) is 1. The molecule has 0 unspecified atom stereocenters. The number of hydrogen-bond donors (Lipinski definition) is 2. The summed E-state index contributed by atoms with van der Waals surface area (Å²) in [6, 6.07) is 12.0. The molecule has 6 heteroatoms. The van der Waals surface area contributed by atoms with E-state index in [9.17, 15) is 4.79 Å². The van der Waals surface area contributed by atoms with Crippen LogP contribution in [0.2, 0.25) is 0 Å². The van der Waals surface area contributed by atoms with Crippen molar-refractivity contribution >= 4 is 23.1 Å². The molecule has 0 bridgehead atoms. The van der Waals surface area contributed by atoms with Crippen LogP contribution in [0.25, 0.3) is 0 Å². The van der Waals surface area contributed by atoms with Gasteiger partial charge in [-0.1, -0.05) is 12.1 Å². The molecule has 0 spiro atoms. The molecule has 1 aliphatic rings. The zero-order valence-corrected chi connectivity index (χ0v) is 14.7. The minimum Gasteiger partial charge on any atom is -0.378 e. The summed E-state index contributed by atoms with van der Waals surface area (Å²) in [5.74, 6) is 0.757. The highest BCUT2D eigenvalue weighted by molar-refractivity contribution is 5.88. The van der Waals surface area contributed by atoms with Gasteiger partial charge in [-0.25, -0.2) is 4.98 Å². The highest BCUT2D eigenvalue weighted by atomic mass is 16.5. The Morgan fingerprint density at radius 1 is 1.24 bits per heavy atom. The molecule has 1 aromatic heterocycles. The first kappa shape index (κ1) is 17.2. The van der Waals surface area contributed by atoms with Gasteiger partial charge in [0.05, 0.1) is 31.1 Å². The monoisotopic (exact) mass is 340 g/mol. The van der Waals surface area contributed by atoms with Crippen molar-refractivity contribution in [2.24, 2.45) is 0 Å². The summed E-state index contributed by atoms with van der Waals surface area (Å²) in [6.45, 7) is 6.92. The Kier molecular flexibility index (Phi) is 5.50. The minimum absolute atomic E-state index is 0.0712. The molecule has 1 aromatic carbocycles. The number of nitrogens with one attached hydrogen (secondary N) is 2. The van der Waals surface area contributed by atoms with E-state index >= 15 is 0 Å². The minimum atomic E-state index is -0.0712. The highest BCUT2D eigenvalue weighted by Crippen LogP contribution is 2.22. The van der Waals surface area contributed by atoms with Crippen molar-refractivity contribution in [3.05, 3.63) is 48.2 Å². The molecule has 0 radical (unpaired) electrons. The van der Waals surface area contributed by atoms with Crippen molar-refractivity contribution < 1.29 is 9.53 Å². The van der Waals surface area contributed by atoms with Crippen LogP contribution in [0.4, 0.5) is 17.2 Å². The van der Waals surface area contributed by atoms with Crippen LogP contribution in [-0.4, -0.2) is 37.2 Å². The van der Waals surface area contributed by atoms with E-state index in [0.29, 0.717) is 0 Å². The second-order valence-electron chi connectivity index (χ2n) is 6.17. The molecule has 3 rings (SSSR count). The zero-order chi connectivity index (χ0) is 17.6. The number of hydrogen-bond acceptors (Lipinski definition) is 5. The second kappa shape index (κ2) is 7.98. The Hall–Kier alpha value is -2.60. The summed E-state index contributed by atoms with van der Waals surface area (Å²) in [7, 11) is 0. The number of nitrogens with zero attached hydrogens (tertiary/aromatic N) is 2. The number of amides is 1. The zero-order valence-electron chi connectivity index (χ0n) is 14.7. The van der Waals surface area contributed by atoms with Gasteiger partial charge in [-0.05, 0) is 36.8 Å². The smallest absolute Gasteiger partial charge is 0.221 e. The largest absolute Gasteiger partial charge is 0.378 e. The Bertz CT molecular complexity index is 712. The van der Waals surface area contributed by atoms with E-state index in [2.05, 4.69) is 33.5 Å². The van der Waals surface area contributed by atoms with E-state index in [1.165, 1.54) is 6.92 Å². The van der Waals surface area contributed by atoms with Crippen molar-refractivity contribution in [1.82, 2.24) is 4.98 Å². The van der Waals surface area contributed by atoms with Crippen molar-refractivity contribution in [1.29, 1.82) is 0 Å². The quantitative estimate of drug-likeness (QED) is 0.876. The SMILES string of the molecule is CC(=O)Nc1cccc([C@H](C)Nc2ccc(N3CCOCC3)cn2)c1. The van der Waals surface area contributed by atoms with E-state index in [-0.39, 0.29) is 11.9 Å². The lowest BCUT2D eigenvalue weighted by atomic mass is 10.1. The molecule has 1 atom stereocenters. The Morgan fingerprint density at radius 2 is 2.04 bits per heavy atom. The number of rotatable bonds is 5. The van der Waals surface area contributed by atoms with Crippen LogP contribution in [0.15, 0.2) is 42.6 Å². The van der Waals surface area contributed by atoms with Crippen LogP contribution < -0.4 is 15.5 Å². The Balaban J connectivity index is 1.64. The number of benzene rings is 1. The first-order chi connectivity index (χ1) is 12.1. The lowest BCUT2D eigenvalue weighted by Crippen LogP contribution is -2.36. The molecule has 0 aliphatic carbocycles. The lowest BCUT2D eigenvalue weighted by Gasteiger charge is -2.28. The summed E-state index contributed by atoms with van der Waals surface area (Å²) < 4.78 is 5.38. The van der Waals surface area contributed by atoms with Crippen LogP contribution in [0.1, 0.15) is 25.5 Å². The summed E-state index contributed by atoms with van der Waals surface area (Å²) >= 11 is 0. The van der Waals surface area contributed by atoms with Gasteiger partial charge in [0.1, 0.15) is 5.82 Å². The molecular weight excluding hydrogens is 316 g/mol. The third-order valence-electron chi connectivity index (χ3n) is 4.20. The first-order valence-electron chi connectivity index (χ1n) is 8.54. The van der Waals surface area contributed by atoms with Gasteiger partial charge < -0.3 is 20.3 Å². The third kappa shape index (κ3) is 4.70. The molecule has 1 saturated heterocycles. The standard InChI is InChI=1S/C19H24N4O2/c1-14(16-4-3-5-17(12-16)22-15(2)24)21-19-7-6-18(13-20-19)23-8-10-25-11-9-23/h3-7,12-14H,8-11H2,1-2H3,(H,20,21)(H,22,24)/t14-/m0/s1. The molecule has 0 saturated carbocycles. The number of carbonyl (C=O) groups excluding carboxylic acids is 1. The fourth-order valence-corrected chi connectivity index (χ4v) is 2.87. The molecule has 2 aromatic rings. The summed E-state index contributed by atoms with van der Waals surface area (Å²) in [5.41, 5.74) is 3.01. The fourth-order valence-electron chi connectivity index (χ4n) is 2.87. The molecule has 1 fully saturated rings. The van der Waals surface area contributed by atoms with Crippen molar-refractivity contribution in [2.75, 3.05) is 41.8 Å². The van der Waals surface area contributed by atoms with Gasteiger partial charge in [0.25, 0.3) is 0 Å². The summed E-state index contributed by atoms with van der Waals surface area (Å²) in [4.78, 5) is 18.0. The van der Waals surface area contributed by atoms with Gasteiger partial charge in [0, 0.05) is 25.7 Å². The van der Waals surface area contributed by atoms with Crippen molar-refractivity contribution in [3.63, 3.8) is 0 Å². The predicted octanol–water partition coefficient (Wildman–Crippen LogP) is 3.05. The normalized spacial score (nSPS) is 15.5. The van der Waals surface area contributed by atoms with Crippen LogP contribution >= 0.6 is 0 Å².